The number of nitro benzene ring substituents is 1. The number of rotatable bonds is 4. The molecule has 0 spiro atoms. The topological polar surface area (TPSA) is 89.4 Å². The Bertz CT molecular complexity index is 306. The molecule has 0 saturated heterocycles. The molecule has 0 fully saturated rings. The van der Waals surface area contributed by atoms with Gasteiger partial charge in [-0.05, 0) is 5.56 Å². The van der Waals surface area contributed by atoms with E-state index >= 15 is 0 Å². The van der Waals surface area contributed by atoms with Crippen molar-refractivity contribution < 1.29 is 10.0 Å². The summed E-state index contributed by atoms with van der Waals surface area (Å²) in [5, 5.41) is 19.3. The van der Waals surface area contributed by atoms with Gasteiger partial charge in [-0.15, -0.1) is 0 Å². The third kappa shape index (κ3) is 2.27. The first-order chi connectivity index (χ1) is 6.69. The molecule has 1 aromatic carbocycles. The number of nitrogens with two attached hydrogens (primary N) is 1. The largest absolute Gasteiger partial charge is 0.396 e. The van der Waals surface area contributed by atoms with Crippen LogP contribution < -0.4 is 5.73 Å². The van der Waals surface area contributed by atoms with E-state index < -0.39 is 4.92 Å². The van der Waals surface area contributed by atoms with E-state index in [1.165, 1.54) is 12.1 Å². The average Bonchev–Trinajstić information content (AvgIpc) is 2.20. The van der Waals surface area contributed by atoms with E-state index in [-0.39, 0.29) is 18.2 Å². The molecule has 0 aliphatic rings. The van der Waals surface area contributed by atoms with Crippen LogP contribution in [-0.4, -0.2) is 23.2 Å². The minimum atomic E-state index is -0.458. The van der Waals surface area contributed by atoms with Crippen LogP contribution in [-0.2, 0) is 0 Å². The third-order valence-corrected chi connectivity index (χ3v) is 2.08. The van der Waals surface area contributed by atoms with Gasteiger partial charge in [0.2, 0.25) is 0 Å². The first-order valence-corrected chi connectivity index (χ1v) is 4.24. The predicted molar refractivity (Wildman–Crippen MR) is 52.0 cm³/mol. The van der Waals surface area contributed by atoms with Gasteiger partial charge in [0.1, 0.15) is 0 Å². The van der Waals surface area contributed by atoms with Crippen molar-refractivity contribution in [3.8, 4) is 0 Å². The van der Waals surface area contributed by atoms with Crippen molar-refractivity contribution in [2.45, 2.75) is 5.92 Å². The molecular formula is C9H12N2O3. The molecule has 3 N–H and O–H groups in total. The van der Waals surface area contributed by atoms with E-state index in [0.29, 0.717) is 6.54 Å². The maximum Gasteiger partial charge on any atom is 0.269 e. The fraction of sp³-hybridized carbons (Fsp3) is 0.333. The molecule has 76 valence electrons. The van der Waals surface area contributed by atoms with Crippen LogP contribution in [0.15, 0.2) is 24.3 Å². The van der Waals surface area contributed by atoms with Crippen molar-refractivity contribution in [3.63, 3.8) is 0 Å². The monoisotopic (exact) mass is 196 g/mol. The summed E-state index contributed by atoms with van der Waals surface area (Å²) in [6.45, 7) is 0.280. The zero-order valence-corrected chi connectivity index (χ0v) is 7.59. The molecule has 1 atom stereocenters. The summed E-state index contributed by atoms with van der Waals surface area (Å²) in [4.78, 5) is 9.89. The fourth-order valence-electron chi connectivity index (χ4n) is 1.18. The second kappa shape index (κ2) is 4.69. The van der Waals surface area contributed by atoms with Crippen LogP contribution in [0.4, 0.5) is 5.69 Å². The van der Waals surface area contributed by atoms with Crippen LogP contribution in [0.1, 0.15) is 11.5 Å². The van der Waals surface area contributed by atoms with Crippen molar-refractivity contribution in [2.24, 2.45) is 5.73 Å². The highest BCUT2D eigenvalue weighted by Crippen LogP contribution is 2.18. The molecule has 0 amide bonds. The second-order valence-corrected chi connectivity index (χ2v) is 2.96. The van der Waals surface area contributed by atoms with Gasteiger partial charge in [-0.25, -0.2) is 0 Å². The highest BCUT2D eigenvalue weighted by Gasteiger charge is 2.10. The molecule has 0 aromatic heterocycles. The summed E-state index contributed by atoms with van der Waals surface area (Å²) < 4.78 is 0. The minimum Gasteiger partial charge on any atom is -0.396 e. The Labute approximate surface area is 81.3 Å². The Morgan fingerprint density at radius 1 is 1.43 bits per heavy atom. The lowest BCUT2D eigenvalue weighted by Gasteiger charge is -2.10. The standard InChI is InChI=1S/C9H12N2O3/c10-5-8(6-12)7-1-3-9(4-2-7)11(13)14/h1-4,8,12H,5-6,10H2. The number of hydrogen-bond acceptors (Lipinski definition) is 4. The number of aliphatic hydroxyl groups excluding tert-OH is 1. The fourth-order valence-corrected chi connectivity index (χ4v) is 1.18. The van der Waals surface area contributed by atoms with Gasteiger partial charge >= 0.3 is 0 Å². The maximum atomic E-state index is 10.4. The predicted octanol–water partition coefficient (Wildman–Crippen LogP) is 0.629. The summed E-state index contributed by atoms with van der Waals surface area (Å²) in [5.74, 6) is -0.143. The summed E-state index contributed by atoms with van der Waals surface area (Å²) in [5.41, 5.74) is 6.28. The number of nitro groups is 1. The number of benzene rings is 1. The summed E-state index contributed by atoms with van der Waals surface area (Å²) in [7, 11) is 0. The summed E-state index contributed by atoms with van der Waals surface area (Å²) in [6.07, 6.45) is 0. The van der Waals surface area contributed by atoms with Gasteiger partial charge in [0, 0.05) is 24.6 Å². The number of non-ortho nitro benzene ring substituents is 1. The lowest BCUT2D eigenvalue weighted by Crippen LogP contribution is -2.15. The summed E-state index contributed by atoms with van der Waals surface area (Å²) >= 11 is 0. The van der Waals surface area contributed by atoms with E-state index in [2.05, 4.69) is 0 Å². The van der Waals surface area contributed by atoms with Gasteiger partial charge < -0.3 is 10.8 Å². The zero-order chi connectivity index (χ0) is 10.6. The van der Waals surface area contributed by atoms with Crippen LogP contribution in [0.2, 0.25) is 0 Å². The van der Waals surface area contributed by atoms with Crippen molar-refractivity contribution in [3.05, 3.63) is 39.9 Å². The van der Waals surface area contributed by atoms with E-state index in [1.807, 2.05) is 0 Å². The normalized spacial score (nSPS) is 12.4. The van der Waals surface area contributed by atoms with E-state index in [9.17, 15) is 10.1 Å². The molecule has 5 heteroatoms. The van der Waals surface area contributed by atoms with Gasteiger partial charge in [0.25, 0.3) is 5.69 Å². The molecule has 0 saturated carbocycles. The highest BCUT2D eigenvalue weighted by molar-refractivity contribution is 5.34. The quantitative estimate of drug-likeness (QED) is 0.546. The van der Waals surface area contributed by atoms with E-state index in [1.54, 1.807) is 12.1 Å². The molecule has 0 aliphatic carbocycles. The van der Waals surface area contributed by atoms with Gasteiger partial charge in [-0.3, -0.25) is 10.1 Å². The Hall–Kier alpha value is -1.46. The molecule has 0 aliphatic heterocycles. The molecular weight excluding hydrogens is 184 g/mol. The van der Waals surface area contributed by atoms with Crippen LogP contribution in [0.3, 0.4) is 0 Å². The van der Waals surface area contributed by atoms with Crippen LogP contribution >= 0.6 is 0 Å². The number of nitrogens with zero attached hydrogens (tertiary/aromatic N) is 1. The van der Waals surface area contributed by atoms with E-state index in [4.69, 9.17) is 10.8 Å². The Balaban J connectivity index is 2.87. The molecule has 1 rings (SSSR count). The maximum absolute atomic E-state index is 10.4. The molecule has 5 nitrogen and oxygen atoms in total. The SMILES string of the molecule is NCC(CO)c1ccc([N+](=O)[O-])cc1. The zero-order valence-electron chi connectivity index (χ0n) is 7.59. The first kappa shape index (κ1) is 10.6. The Morgan fingerprint density at radius 2 is 2.00 bits per heavy atom. The van der Waals surface area contributed by atoms with Crippen LogP contribution in [0, 0.1) is 10.1 Å². The lowest BCUT2D eigenvalue weighted by molar-refractivity contribution is -0.384. The van der Waals surface area contributed by atoms with Crippen LogP contribution in [0.25, 0.3) is 0 Å². The van der Waals surface area contributed by atoms with Crippen molar-refractivity contribution in [1.82, 2.24) is 0 Å². The molecule has 0 radical (unpaired) electrons. The average molecular weight is 196 g/mol. The summed E-state index contributed by atoms with van der Waals surface area (Å²) in [6, 6.07) is 6.05. The van der Waals surface area contributed by atoms with Crippen LogP contribution in [0.5, 0.6) is 0 Å². The molecule has 14 heavy (non-hydrogen) atoms. The third-order valence-electron chi connectivity index (χ3n) is 2.08. The van der Waals surface area contributed by atoms with Crippen molar-refractivity contribution in [2.75, 3.05) is 13.2 Å². The van der Waals surface area contributed by atoms with Crippen molar-refractivity contribution in [1.29, 1.82) is 0 Å². The van der Waals surface area contributed by atoms with Gasteiger partial charge in [-0.1, -0.05) is 12.1 Å². The minimum absolute atomic E-state index is 0.0439. The molecule has 1 aromatic rings. The van der Waals surface area contributed by atoms with E-state index in [0.717, 1.165) is 5.56 Å². The highest BCUT2D eigenvalue weighted by atomic mass is 16.6. The Kier molecular flexibility index (Phi) is 3.55. The molecule has 1 unspecified atom stereocenters. The molecule has 0 heterocycles. The Morgan fingerprint density at radius 3 is 2.36 bits per heavy atom. The van der Waals surface area contributed by atoms with Gasteiger partial charge in [0.05, 0.1) is 11.5 Å². The smallest absolute Gasteiger partial charge is 0.269 e. The molecule has 0 bridgehead atoms. The number of hydrogen-bond donors (Lipinski definition) is 2. The lowest BCUT2D eigenvalue weighted by atomic mass is 10.0. The van der Waals surface area contributed by atoms with Crippen molar-refractivity contribution >= 4 is 5.69 Å². The van der Waals surface area contributed by atoms with Gasteiger partial charge in [-0.2, -0.15) is 0 Å². The first-order valence-electron chi connectivity index (χ1n) is 4.24. The van der Waals surface area contributed by atoms with Gasteiger partial charge in [0.15, 0.2) is 0 Å². The number of aliphatic hydroxyl groups is 1. The second-order valence-electron chi connectivity index (χ2n) is 2.96.